The maximum absolute atomic E-state index is 5.50. The van der Waals surface area contributed by atoms with Gasteiger partial charge in [-0.3, -0.25) is 4.68 Å². The molecular formula is C15H14N6OS. The molecule has 0 aliphatic rings. The van der Waals surface area contributed by atoms with E-state index >= 15 is 0 Å². The molecule has 4 rings (SSSR count). The first kappa shape index (κ1) is 13.9. The number of thiazole rings is 1. The third-order valence-corrected chi connectivity index (χ3v) is 4.57. The van der Waals surface area contributed by atoms with Crippen molar-refractivity contribution in [1.29, 1.82) is 0 Å². The number of aryl methyl sites for hydroxylation is 2. The van der Waals surface area contributed by atoms with E-state index in [2.05, 4.69) is 20.3 Å². The van der Waals surface area contributed by atoms with Gasteiger partial charge in [-0.15, -0.1) is 11.3 Å². The Kier molecular flexibility index (Phi) is 3.12. The van der Waals surface area contributed by atoms with E-state index in [9.17, 15) is 0 Å². The minimum Gasteiger partial charge on any atom is -0.352 e. The lowest BCUT2D eigenvalue weighted by atomic mass is 10.1. The lowest BCUT2D eigenvalue weighted by Crippen LogP contribution is -1.99. The van der Waals surface area contributed by atoms with Gasteiger partial charge in [0.05, 0.1) is 11.9 Å². The van der Waals surface area contributed by atoms with Crippen molar-refractivity contribution in [2.24, 2.45) is 7.05 Å². The molecule has 0 aliphatic heterocycles. The first-order valence-corrected chi connectivity index (χ1v) is 7.94. The highest BCUT2D eigenvalue weighted by Gasteiger charge is 2.21. The molecule has 0 N–H and O–H groups in total. The smallest absolute Gasteiger partial charge is 0.210 e. The Morgan fingerprint density at radius 2 is 2.09 bits per heavy atom. The van der Waals surface area contributed by atoms with Gasteiger partial charge in [-0.25, -0.2) is 9.67 Å². The summed E-state index contributed by atoms with van der Waals surface area (Å²) in [6, 6.07) is 1.93. The van der Waals surface area contributed by atoms with E-state index in [4.69, 9.17) is 4.52 Å². The fraction of sp³-hybridized carbons (Fsp3) is 0.200. The molecule has 0 amide bonds. The largest absolute Gasteiger partial charge is 0.352 e. The average Bonchev–Trinajstić information content (AvgIpc) is 3.28. The number of aromatic nitrogens is 6. The van der Waals surface area contributed by atoms with Crippen LogP contribution in [-0.2, 0) is 7.05 Å². The number of rotatable bonds is 3. The van der Waals surface area contributed by atoms with Crippen molar-refractivity contribution < 1.29 is 4.52 Å². The summed E-state index contributed by atoms with van der Waals surface area (Å²) >= 11 is 1.56. The maximum atomic E-state index is 5.50. The van der Waals surface area contributed by atoms with Crippen LogP contribution < -0.4 is 0 Å². The fourth-order valence-electron chi connectivity index (χ4n) is 2.57. The molecular weight excluding hydrogens is 312 g/mol. The van der Waals surface area contributed by atoms with Crippen molar-refractivity contribution in [3.63, 3.8) is 0 Å². The van der Waals surface area contributed by atoms with Crippen LogP contribution in [0.25, 0.3) is 27.8 Å². The Morgan fingerprint density at radius 1 is 1.22 bits per heavy atom. The summed E-state index contributed by atoms with van der Waals surface area (Å²) in [6.45, 7) is 4.00. The summed E-state index contributed by atoms with van der Waals surface area (Å²) in [5.41, 5.74) is 4.54. The lowest BCUT2D eigenvalue weighted by Gasteiger charge is -2.03. The van der Waals surface area contributed by atoms with Crippen molar-refractivity contribution in [3.8, 4) is 27.8 Å². The van der Waals surface area contributed by atoms with E-state index in [1.165, 1.54) is 0 Å². The van der Waals surface area contributed by atoms with Crippen LogP contribution in [0.4, 0.5) is 0 Å². The van der Waals surface area contributed by atoms with Crippen molar-refractivity contribution >= 4 is 11.3 Å². The molecule has 0 saturated heterocycles. The highest BCUT2D eigenvalue weighted by Crippen LogP contribution is 2.30. The topological polar surface area (TPSA) is 74.6 Å². The minimum absolute atomic E-state index is 0.652. The van der Waals surface area contributed by atoms with Gasteiger partial charge in [0.25, 0.3) is 0 Å². The summed E-state index contributed by atoms with van der Waals surface area (Å²) in [5, 5.41) is 15.8. The zero-order valence-corrected chi connectivity index (χ0v) is 13.7. The van der Waals surface area contributed by atoms with Crippen molar-refractivity contribution in [2.45, 2.75) is 13.8 Å². The normalized spacial score (nSPS) is 11.3. The molecule has 0 bridgehead atoms. The van der Waals surface area contributed by atoms with E-state index in [-0.39, 0.29) is 0 Å². The van der Waals surface area contributed by atoms with Crippen molar-refractivity contribution in [3.05, 3.63) is 41.3 Å². The molecule has 4 heterocycles. The number of hydrogen-bond donors (Lipinski definition) is 0. The van der Waals surface area contributed by atoms with Gasteiger partial charge in [0.15, 0.2) is 0 Å². The quantitative estimate of drug-likeness (QED) is 0.578. The van der Waals surface area contributed by atoms with Crippen LogP contribution >= 0.6 is 11.3 Å². The molecule has 0 saturated carbocycles. The first-order chi connectivity index (χ1) is 11.1. The molecule has 0 spiro atoms. The molecule has 7 nitrogen and oxygen atoms in total. The van der Waals surface area contributed by atoms with Crippen LogP contribution in [0.15, 0.2) is 34.6 Å². The van der Waals surface area contributed by atoms with Crippen molar-refractivity contribution in [1.82, 2.24) is 29.7 Å². The summed E-state index contributed by atoms with van der Waals surface area (Å²) in [5.74, 6) is 0.652. The number of hydrogen-bond acceptors (Lipinski definition) is 6. The monoisotopic (exact) mass is 326 g/mol. The molecule has 0 fully saturated rings. The molecule has 0 radical (unpaired) electrons. The molecule has 0 unspecified atom stereocenters. The molecule has 8 heteroatoms. The predicted octanol–water partition coefficient (Wildman–Crippen LogP) is 3.00. The SMILES string of the molecule is Cc1nn(C)c(-c2oncc2-n2ccc(-c3nccs3)n2)c1C. The van der Waals surface area contributed by atoms with Crippen LogP contribution in [0, 0.1) is 13.8 Å². The molecule has 0 aliphatic carbocycles. The van der Waals surface area contributed by atoms with Gasteiger partial charge >= 0.3 is 0 Å². The average molecular weight is 326 g/mol. The van der Waals surface area contributed by atoms with Crippen LogP contribution in [0.2, 0.25) is 0 Å². The first-order valence-electron chi connectivity index (χ1n) is 7.06. The zero-order chi connectivity index (χ0) is 16.0. The minimum atomic E-state index is 0.652. The molecule has 4 aromatic heterocycles. The van der Waals surface area contributed by atoms with E-state index < -0.39 is 0 Å². The van der Waals surface area contributed by atoms with E-state index in [1.54, 1.807) is 33.1 Å². The van der Waals surface area contributed by atoms with Crippen molar-refractivity contribution in [2.75, 3.05) is 0 Å². The Hall–Kier alpha value is -2.74. The fourth-order valence-corrected chi connectivity index (χ4v) is 3.17. The van der Waals surface area contributed by atoms with Gasteiger partial charge in [-0.1, -0.05) is 5.16 Å². The van der Waals surface area contributed by atoms with Crippen LogP contribution in [0.3, 0.4) is 0 Å². The van der Waals surface area contributed by atoms with E-state index in [0.717, 1.165) is 33.3 Å². The molecule has 4 aromatic rings. The third-order valence-electron chi connectivity index (χ3n) is 3.78. The predicted molar refractivity (Wildman–Crippen MR) is 86.4 cm³/mol. The van der Waals surface area contributed by atoms with E-state index in [1.807, 2.05) is 38.5 Å². The van der Waals surface area contributed by atoms with Crippen LogP contribution in [-0.4, -0.2) is 29.7 Å². The van der Waals surface area contributed by atoms with Crippen LogP contribution in [0.1, 0.15) is 11.3 Å². The highest BCUT2D eigenvalue weighted by molar-refractivity contribution is 7.13. The van der Waals surface area contributed by atoms with Gasteiger partial charge in [0.2, 0.25) is 5.76 Å². The molecule has 23 heavy (non-hydrogen) atoms. The van der Waals surface area contributed by atoms with Gasteiger partial charge in [0, 0.05) is 30.4 Å². The Balaban J connectivity index is 1.82. The molecule has 0 atom stereocenters. The second-order valence-corrected chi connectivity index (χ2v) is 6.10. The Bertz CT molecular complexity index is 962. The Labute approximate surface area is 136 Å². The van der Waals surface area contributed by atoms with Gasteiger partial charge in [-0.05, 0) is 19.9 Å². The summed E-state index contributed by atoms with van der Waals surface area (Å²) < 4.78 is 9.06. The summed E-state index contributed by atoms with van der Waals surface area (Å²) in [7, 11) is 1.89. The molecule has 0 aromatic carbocycles. The molecule has 116 valence electrons. The van der Waals surface area contributed by atoms with Gasteiger partial charge in [-0.2, -0.15) is 10.2 Å². The second-order valence-electron chi connectivity index (χ2n) is 5.21. The third kappa shape index (κ3) is 2.18. The number of nitrogens with zero attached hydrogens (tertiary/aromatic N) is 6. The Morgan fingerprint density at radius 3 is 2.78 bits per heavy atom. The maximum Gasteiger partial charge on any atom is 0.210 e. The van der Waals surface area contributed by atoms with Gasteiger partial charge in [0.1, 0.15) is 22.1 Å². The van der Waals surface area contributed by atoms with E-state index in [0.29, 0.717) is 5.76 Å². The highest BCUT2D eigenvalue weighted by atomic mass is 32.1. The summed E-state index contributed by atoms with van der Waals surface area (Å²) in [4.78, 5) is 4.28. The summed E-state index contributed by atoms with van der Waals surface area (Å²) in [6.07, 6.45) is 5.31. The van der Waals surface area contributed by atoms with Crippen LogP contribution in [0.5, 0.6) is 0 Å². The second kappa shape index (κ2) is 5.17. The lowest BCUT2D eigenvalue weighted by molar-refractivity contribution is 0.428. The standard InChI is InChI=1S/C15H14N6OS/c1-9-10(2)18-20(3)13(9)14-12(8-17-22-14)21-6-4-11(19-21)15-16-5-7-23-15/h4-8H,1-3H3. The van der Waals surface area contributed by atoms with Gasteiger partial charge < -0.3 is 4.52 Å². The zero-order valence-electron chi connectivity index (χ0n) is 12.9.